The van der Waals surface area contributed by atoms with Crippen molar-refractivity contribution in [3.05, 3.63) is 113 Å². The Kier molecular flexibility index (Phi) is 6.13. The lowest BCUT2D eigenvalue weighted by molar-refractivity contribution is -0.0301. The molecule has 6 rings (SSSR count). The van der Waals surface area contributed by atoms with Crippen molar-refractivity contribution in [2.45, 2.75) is 31.5 Å². The summed E-state index contributed by atoms with van der Waals surface area (Å²) >= 11 is 0. The van der Waals surface area contributed by atoms with Crippen LogP contribution in [0.25, 0.3) is 16.7 Å². The molecule has 1 aliphatic rings. The second kappa shape index (κ2) is 9.75. The standard InChI is InChI=1S/C29H28N6O3/c36-27-24-18-31-35(23-10-5-2-6-11-23)26(24)30-21-34(27)20-29(38)13-16-32(17-14-29)28(37)25-12-7-15-33(25)19-22-8-3-1-4-9-22/h1-12,15,18,21,38H,13-14,16-17,19-20H2. The van der Waals surface area contributed by atoms with Crippen molar-refractivity contribution in [3.8, 4) is 5.69 Å². The molecule has 9 nitrogen and oxygen atoms in total. The lowest BCUT2D eigenvalue weighted by Gasteiger charge is -2.38. The van der Waals surface area contributed by atoms with Crippen LogP contribution in [0.2, 0.25) is 0 Å². The van der Waals surface area contributed by atoms with E-state index in [0.29, 0.717) is 49.2 Å². The van der Waals surface area contributed by atoms with Gasteiger partial charge in [-0.2, -0.15) is 5.10 Å². The third kappa shape index (κ3) is 4.52. The number of aliphatic hydroxyl groups is 1. The largest absolute Gasteiger partial charge is 0.388 e. The highest BCUT2D eigenvalue weighted by Crippen LogP contribution is 2.25. The SMILES string of the molecule is O=C(c1cccn1Cc1ccccc1)N1CCC(O)(Cn2cnc3c(cnn3-c3ccccc3)c2=O)CC1. The van der Waals surface area contributed by atoms with Crippen molar-refractivity contribution >= 4 is 16.9 Å². The van der Waals surface area contributed by atoms with Crippen LogP contribution in [0.4, 0.5) is 0 Å². The van der Waals surface area contributed by atoms with E-state index < -0.39 is 5.60 Å². The molecule has 0 aliphatic carbocycles. The first-order valence-corrected chi connectivity index (χ1v) is 12.7. The first kappa shape index (κ1) is 23.9. The number of carbonyl (C=O) groups excluding carboxylic acids is 1. The summed E-state index contributed by atoms with van der Waals surface area (Å²) in [5.41, 5.74) is 1.68. The van der Waals surface area contributed by atoms with E-state index in [0.717, 1.165) is 11.3 Å². The summed E-state index contributed by atoms with van der Waals surface area (Å²) in [5.74, 6) is -0.0541. The predicted molar refractivity (Wildman–Crippen MR) is 143 cm³/mol. The minimum atomic E-state index is -1.11. The highest BCUT2D eigenvalue weighted by molar-refractivity contribution is 5.93. The molecule has 0 unspecified atom stereocenters. The predicted octanol–water partition coefficient (Wildman–Crippen LogP) is 3.10. The number of hydrogen-bond donors (Lipinski definition) is 1. The molecule has 5 aromatic rings. The van der Waals surface area contributed by atoms with Crippen LogP contribution in [-0.2, 0) is 13.1 Å². The molecule has 1 N–H and O–H groups in total. The van der Waals surface area contributed by atoms with Gasteiger partial charge in [-0.25, -0.2) is 9.67 Å². The van der Waals surface area contributed by atoms with E-state index in [1.54, 1.807) is 9.58 Å². The maximum absolute atomic E-state index is 13.3. The molecule has 192 valence electrons. The van der Waals surface area contributed by atoms with Crippen LogP contribution in [0.3, 0.4) is 0 Å². The van der Waals surface area contributed by atoms with Gasteiger partial charge in [-0.3, -0.25) is 14.2 Å². The maximum atomic E-state index is 13.3. The van der Waals surface area contributed by atoms with Crippen LogP contribution < -0.4 is 5.56 Å². The van der Waals surface area contributed by atoms with Gasteiger partial charge in [0, 0.05) is 25.8 Å². The third-order valence-electron chi connectivity index (χ3n) is 7.25. The normalized spacial score (nSPS) is 15.1. The van der Waals surface area contributed by atoms with Gasteiger partial charge in [0.2, 0.25) is 0 Å². The number of hydrogen-bond acceptors (Lipinski definition) is 5. The molecule has 0 bridgehead atoms. The Bertz CT molecular complexity index is 1630. The maximum Gasteiger partial charge on any atom is 0.270 e. The first-order valence-electron chi connectivity index (χ1n) is 12.7. The van der Waals surface area contributed by atoms with Crippen molar-refractivity contribution < 1.29 is 9.90 Å². The van der Waals surface area contributed by atoms with Gasteiger partial charge in [-0.1, -0.05) is 48.5 Å². The average Bonchev–Trinajstić information content (AvgIpc) is 3.59. The lowest BCUT2D eigenvalue weighted by atomic mass is 9.91. The smallest absolute Gasteiger partial charge is 0.270 e. The fourth-order valence-electron chi connectivity index (χ4n) is 5.11. The minimum Gasteiger partial charge on any atom is -0.388 e. The van der Waals surface area contributed by atoms with Crippen LogP contribution in [0.1, 0.15) is 28.9 Å². The Labute approximate surface area is 219 Å². The summed E-state index contributed by atoms with van der Waals surface area (Å²) in [7, 11) is 0. The van der Waals surface area contributed by atoms with E-state index in [2.05, 4.69) is 10.1 Å². The molecule has 4 heterocycles. The van der Waals surface area contributed by atoms with Gasteiger partial charge in [0.15, 0.2) is 5.65 Å². The fourth-order valence-corrected chi connectivity index (χ4v) is 5.11. The molecule has 0 spiro atoms. The number of fused-ring (bicyclic) bond motifs is 1. The molecule has 1 saturated heterocycles. The van der Waals surface area contributed by atoms with Gasteiger partial charge in [0.05, 0.1) is 24.0 Å². The third-order valence-corrected chi connectivity index (χ3v) is 7.25. The van der Waals surface area contributed by atoms with E-state index in [1.807, 2.05) is 83.6 Å². The number of rotatable bonds is 6. The molecule has 9 heteroatoms. The number of likely N-dealkylation sites (tertiary alicyclic amines) is 1. The molecule has 1 amide bonds. The summed E-state index contributed by atoms with van der Waals surface area (Å²) in [4.78, 5) is 32.8. The summed E-state index contributed by atoms with van der Waals surface area (Å²) in [6, 6.07) is 23.2. The van der Waals surface area contributed by atoms with Crippen molar-refractivity contribution in [2.24, 2.45) is 0 Å². The van der Waals surface area contributed by atoms with E-state index >= 15 is 0 Å². The number of nitrogens with zero attached hydrogens (tertiary/aromatic N) is 6. The minimum absolute atomic E-state index is 0.0541. The van der Waals surface area contributed by atoms with Crippen LogP contribution in [0.5, 0.6) is 0 Å². The molecular formula is C29H28N6O3. The highest BCUT2D eigenvalue weighted by Gasteiger charge is 2.35. The van der Waals surface area contributed by atoms with E-state index in [9.17, 15) is 14.7 Å². The molecule has 1 aliphatic heterocycles. The second-order valence-corrected chi connectivity index (χ2v) is 9.83. The lowest BCUT2D eigenvalue weighted by Crippen LogP contribution is -2.50. The number of para-hydroxylation sites is 1. The Morgan fingerprint density at radius 1 is 0.921 bits per heavy atom. The number of carbonyl (C=O) groups is 1. The summed E-state index contributed by atoms with van der Waals surface area (Å²) in [6.07, 6.45) is 5.63. The van der Waals surface area contributed by atoms with Gasteiger partial charge in [-0.15, -0.1) is 0 Å². The quantitative estimate of drug-likeness (QED) is 0.380. The summed E-state index contributed by atoms with van der Waals surface area (Å²) in [6.45, 7) is 1.54. The Morgan fingerprint density at radius 3 is 2.37 bits per heavy atom. The summed E-state index contributed by atoms with van der Waals surface area (Å²) < 4.78 is 5.03. The molecular weight excluding hydrogens is 480 g/mol. The van der Waals surface area contributed by atoms with Gasteiger partial charge >= 0.3 is 0 Å². The molecule has 0 saturated carbocycles. The second-order valence-electron chi connectivity index (χ2n) is 9.83. The Morgan fingerprint density at radius 2 is 1.63 bits per heavy atom. The molecule has 38 heavy (non-hydrogen) atoms. The van der Waals surface area contributed by atoms with Crippen molar-refractivity contribution in [2.75, 3.05) is 13.1 Å². The zero-order valence-corrected chi connectivity index (χ0v) is 20.8. The van der Waals surface area contributed by atoms with Crippen LogP contribution in [0.15, 0.2) is 96.3 Å². The van der Waals surface area contributed by atoms with Crippen LogP contribution in [0, 0.1) is 0 Å². The van der Waals surface area contributed by atoms with Gasteiger partial charge in [0.25, 0.3) is 11.5 Å². The van der Waals surface area contributed by atoms with E-state index in [4.69, 9.17) is 0 Å². The Hall–Kier alpha value is -4.50. The summed E-state index contributed by atoms with van der Waals surface area (Å²) in [5, 5.41) is 16.1. The van der Waals surface area contributed by atoms with Gasteiger partial charge in [-0.05, 0) is 42.7 Å². The first-order chi connectivity index (χ1) is 18.5. The van der Waals surface area contributed by atoms with Crippen molar-refractivity contribution in [1.82, 2.24) is 28.8 Å². The molecule has 0 atom stereocenters. The molecule has 1 fully saturated rings. The van der Waals surface area contributed by atoms with E-state index in [-0.39, 0.29) is 18.0 Å². The number of piperidine rings is 1. The fraction of sp³-hybridized carbons (Fsp3) is 0.241. The zero-order chi connectivity index (χ0) is 26.1. The number of aromatic nitrogens is 5. The Balaban J connectivity index is 1.15. The number of amides is 1. The van der Waals surface area contributed by atoms with Crippen LogP contribution >= 0.6 is 0 Å². The van der Waals surface area contributed by atoms with E-state index in [1.165, 1.54) is 17.1 Å². The average molecular weight is 509 g/mol. The monoisotopic (exact) mass is 508 g/mol. The number of benzene rings is 2. The van der Waals surface area contributed by atoms with Gasteiger partial charge < -0.3 is 14.6 Å². The zero-order valence-electron chi connectivity index (χ0n) is 20.8. The van der Waals surface area contributed by atoms with Crippen molar-refractivity contribution in [1.29, 1.82) is 0 Å². The molecule has 2 aromatic carbocycles. The topological polar surface area (TPSA) is 98.2 Å². The molecule has 3 aromatic heterocycles. The van der Waals surface area contributed by atoms with Crippen LogP contribution in [-0.4, -0.2) is 58.5 Å². The molecule has 0 radical (unpaired) electrons. The van der Waals surface area contributed by atoms with Gasteiger partial charge in [0.1, 0.15) is 17.4 Å². The van der Waals surface area contributed by atoms with Crippen molar-refractivity contribution in [3.63, 3.8) is 0 Å². The highest BCUT2D eigenvalue weighted by atomic mass is 16.3.